The molecule has 2 unspecified atom stereocenters. The second-order valence-corrected chi connectivity index (χ2v) is 6.08. The van der Waals surface area contributed by atoms with Gasteiger partial charge in [-0.1, -0.05) is 25.8 Å². The Balaban J connectivity index is 2.04. The Morgan fingerprint density at radius 3 is 2.75 bits per heavy atom. The van der Waals surface area contributed by atoms with E-state index in [0.29, 0.717) is 6.04 Å². The largest absolute Gasteiger partial charge is 0.387 e. The molecule has 0 saturated heterocycles. The van der Waals surface area contributed by atoms with Gasteiger partial charge < -0.3 is 10.6 Å². The van der Waals surface area contributed by atoms with Crippen molar-refractivity contribution in [2.24, 2.45) is 5.92 Å². The van der Waals surface area contributed by atoms with E-state index >= 15 is 0 Å². The highest BCUT2D eigenvalue weighted by atomic mass is 16.1. The molecule has 0 aliphatic heterocycles. The molecule has 3 heteroatoms. The third kappa shape index (κ3) is 3.75. The van der Waals surface area contributed by atoms with Crippen LogP contribution in [0.2, 0.25) is 0 Å². The summed E-state index contributed by atoms with van der Waals surface area (Å²) < 4.78 is 0. The zero-order valence-corrected chi connectivity index (χ0v) is 12.8. The van der Waals surface area contributed by atoms with E-state index in [1.807, 2.05) is 32.2 Å². The first kappa shape index (κ1) is 14.9. The van der Waals surface area contributed by atoms with E-state index < -0.39 is 0 Å². The number of hydrogen-bond acceptors (Lipinski definition) is 2. The summed E-state index contributed by atoms with van der Waals surface area (Å²) in [7, 11) is 1.86. The first-order valence-electron chi connectivity index (χ1n) is 7.69. The van der Waals surface area contributed by atoms with Crippen molar-refractivity contribution in [2.45, 2.75) is 52.0 Å². The van der Waals surface area contributed by atoms with Gasteiger partial charge in [-0.25, -0.2) is 0 Å². The highest BCUT2D eigenvalue weighted by Gasteiger charge is 2.19. The van der Waals surface area contributed by atoms with Gasteiger partial charge in [-0.2, -0.15) is 0 Å². The lowest BCUT2D eigenvalue weighted by atomic mass is 10.0. The monoisotopic (exact) mass is 274 g/mol. The van der Waals surface area contributed by atoms with E-state index in [2.05, 4.69) is 17.6 Å². The SMILES string of the molecule is CNc1cc(C)ccc1C(=O)NC1CCCC(C)CC1. The summed E-state index contributed by atoms with van der Waals surface area (Å²) in [6.07, 6.45) is 5.94. The fourth-order valence-electron chi connectivity index (χ4n) is 2.96. The average Bonchev–Trinajstić information content (AvgIpc) is 2.63. The fraction of sp³-hybridized carbons (Fsp3) is 0.588. The molecule has 1 aliphatic rings. The van der Waals surface area contributed by atoms with E-state index in [0.717, 1.165) is 35.6 Å². The van der Waals surface area contributed by atoms with Gasteiger partial charge in [0.25, 0.3) is 5.91 Å². The van der Waals surface area contributed by atoms with Gasteiger partial charge in [0.15, 0.2) is 0 Å². The van der Waals surface area contributed by atoms with Crippen molar-refractivity contribution in [3.8, 4) is 0 Å². The van der Waals surface area contributed by atoms with Crippen molar-refractivity contribution >= 4 is 11.6 Å². The van der Waals surface area contributed by atoms with Crippen LogP contribution in [-0.4, -0.2) is 19.0 Å². The molecule has 2 rings (SSSR count). The zero-order chi connectivity index (χ0) is 14.5. The van der Waals surface area contributed by atoms with Gasteiger partial charge in [0.1, 0.15) is 0 Å². The second-order valence-electron chi connectivity index (χ2n) is 6.08. The molecular weight excluding hydrogens is 248 g/mol. The van der Waals surface area contributed by atoms with Gasteiger partial charge in [-0.15, -0.1) is 0 Å². The first-order valence-corrected chi connectivity index (χ1v) is 7.69. The molecule has 1 aromatic carbocycles. The van der Waals surface area contributed by atoms with Crippen LogP contribution < -0.4 is 10.6 Å². The number of nitrogens with one attached hydrogen (secondary N) is 2. The number of hydrogen-bond donors (Lipinski definition) is 2. The lowest BCUT2D eigenvalue weighted by molar-refractivity contribution is 0.0934. The second kappa shape index (κ2) is 6.78. The van der Waals surface area contributed by atoms with Crippen LogP contribution in [0.5, 0.6) is 0 Å². The minimum Gasteiger partial charge on any atom is -0.387 e. The van der Waals surface area contributed by atoms with E-state index in [4.69, 9.17) is 0 Å². The lowest BCUT2D eigenvalue weighted by Crippen LogP contribution is -2.34. The summed E-state index contributed by atoms with van der Waals surface area (Å²) in [5.74, 6) is 0.845. The first-order chi connectivity index (χ1) is 9.60. The standard InChI is InChI=1S/C17H26N2O/c1-12-5-4-6-14(9-7-12)19-17(20)15-10-8-13(2)11-16(15)18-3/h8,10-12,14,18H,4-7,9H2,1-3H3,(H,19,20). The van der Waals surface area contributed by atoms with Crippen molar-refractivity contribution in [3.05, 3.63) is 29.3 Å². The Morgan fingerprint density at radius 1 is 1.20 bits per heavy atom. The molecule has 20 heavy (non-hydrogen) atoms. The van der Waals surface area contributed by atoms with Gasteiger partial charge in [0, 0.05) is 18.8 Å². The van der Waals surface area contributed by atoms with Crippen molar-refractivity contribution in [3.63, 3.8) is 0 Å². The number of rotatable bonds is 3. The maximum absolute atomic E-state index is 12.4. The third-order valence-corrected chi connectivity index (χ3v) is 4.28. The van der Waals surface area contributed by atoms with Crippen LogP contribution in [0.4, 0.5) is 5.69 Å². The third-order valence-electron chi connectivity index (χ3n) is 4.28. The molecule has 0 heterocycles. The summed E-state index contributed by atoms with van der Waals surface area (Å²) in [5, 5.41) is 6.32. The molecule has 0 spiro atoms. The van der Waals surface area contributed by atoms with Gasteiger partial charge in [0.2, 0.25) is 0 Å². The maximum atomic E-state index is 12.4. The van der Waals surface area contributed by atoms with Crippen LogP contribution in [0.1, 0.15) is 54.9 Å². The van der Waals surface area contributed by atoms with Crippen molar-refractivity contribution < 1.29 is 4.79 Å². The lowest BCUT2D eigenvalue weighted by Gasteiger charge is -2.18. The molecule has 1 saturated carbocycles. The van der Waals surface area contributed by atoms with Crippen LogP contribution in [0.3, 0.4) is 0 Å². The van der Waals surface area contributed by atoms with Crippen LogP contribution in [0.15, 0.2) is 18.2 Å². The molecule has 1 amide bonds. The van der Waals surface area contributed by atoms with Gasteiger partial charge in [-0.05, 0) is 49.8 Å². The fourth-order valence-corrected chi connectivity index (χ4v) is 2.96. The highest BCUT2D eigenvalue weighted by molar-refractivity contribution is 5.99. The summed E-state index contributed by atoms with van der Waals surface area (Å²) in [6, 6.07) is 6.25. The molecule has 2 atom stereocenters. The average molecular weight is 274 g/mol. The number of anilines is 1. The molecule has 110 valence electrons. The zero-order valence-electron chi connectivity index (χ0n) is 12.8. The van der Waals surface area contributed by atoms with Crippen LogP contribution >= 0.6 is 0 Å². The number of amides is 1. The molecule has 1 aromatic rings. The number of aryl methyl sites for hydroxylation is 1. The molecule has 0 aromatic heterocycles. The molecule has 1 aliphatic carbocycles. The smallest absolute Gasteiger partial charge is 0.253 e. The molecule has 0 radical (unpaired) electrons. The van der Waals surface area contributed by atoms with E-state index in [-0.39, 0.29) is 5.91 Å². The minimum atomic E-state index is 0.0499. The Bertz CT molecular complexity index is 470. The Kier molecular flexibility index (Phi) is 5.05. The molecule has 2 N–H and O–H groups in total. The Morgan fingerprint density at radius 2 is 2.00 bits per heavy atom. The molecule has 3 nitrogen and oxygen atoms in total. The predicted molar refractivity (Wildman–Crippen MR) is 84.2 cm³/mol. The molecule has 0 bridgehead atoms. The van der Waals surface area contributed by atoms with Crippen LogP contribution in [0.25, 0.3) is 0 Å². The highest BCUT2D eigenvalue weighted by Crippen LogP contribution is 2.23. The van der Waals surface area contributed by atoms with Crippen LogP contribution in [0, 0.1) is 12.8 Å². The minimum absolute atomic E-state index is 0.0499. The Hall–Kier alpha value is -1.51. The normalized spacial score (nSPS) is 22.9. The molecule has 1 fully saturated rings. The maximum Gasteiger partial charge on any atom is 0.253 e. The number of benzene rings is 1. The van der Waals surface area contributed by atoms with Gasteiger partial charge in [0.05, 0.1) is 5.56 Å². The summed E-state index contributed by atoms with van der Waals surface area (Å²) in [6.45, 7) is 4.35. The summed E-state index contributed by atoms with van der Waals surface area (Å²) in [5.41, 5.74) is 2.81. The number of carbonyl (C=O) groups is 1. The quantitative estimate of drug-likeness (QED) is 0.824. The van der Waals surface area contributed by atoms with E-state index in [9.17, 15) is 4.79 Å². The summed E-state index contributed by atoms with van der Waals surface area (Å²) in [4.78, 5) is 12.4. The molecular formula is C17H26N2O. The van der Waals surface area contributed by atoms with Crippen molar-refractivity contribution in [2.75, 3.05) is 12.4 Å². The topological polar surface area (TPSA) is 41.1 Å². The number of carbonyl (C=O) groups excluding carboxylic acids is 1. The predicted octanol–water partition coefficient (Wildman–Crippen LogP) is 3.74. The van der Waals surface area contributed by atoms with Crippen molar-refractivity contribution in [1.82, 2.24) is 5.32 Å². The van der Waals surface area contributed by atoms with Crippen molar-refractivity contribution in [1.29, 1.82) is 0 Å². The van der Waals surface area contributed by atoms with Crippen LogP contribution in [-0.2, 0) is 0 Å². The van der Waals surface area contributed by atoms with E-state index in [1.165, 1.54) is 19.3 Å². The van der Waals surface area contributed by atoms with E-state index in [1.54, 1.807) is 0 Å². The van der Waals surface area contributed by atoms with Gasteiger partial charge in [-0.3, -0.25) is 4.79 Å². The Labute approximate surface area is 122 Å². The summed E-state index contributed by atoms with van der Waals surface area (Å²) >= 11 is 0. The van der Waals surface area contributed by atoms with Gasteiger partial charge >= 0.3 is 0 Å².